The van der Waals surface area contributed by atoms with Crippen LogP contribution in [0.3, 0.4) is 0 Å². The second kappa shape index (κ2) is 20.3. The van der Waals surface area contributed by atoms with Crippen molar-refractivity contribution in [1.29, 1.82) is 0 Å². The predicted octanol–water partition coefficient (Wildman–Crippen LogP) is 1.80. The molecule has 0 aliphatic rings. The summed E-state index contributed by atoms with van der Waals surface area (Å²) in [5.41, 5.74) is 0. The minimum atomic E-state index is -1.18. The second-order valence-electron chi connectivity index (χ2n) is 4.72. The second-order valence-corrected chi connectivity index (χ2v) is 5.77. The number of carbonyl (C=O) groups excluding carboxylic acids is 2. The van der Waals surface area contributed by atoms with Crippen molar-refractivity contribution in [3.63, 3.8) is 0 Å². The van der Waals surface area contributed by atoms with Crippen LogP contribution in [0.1, 0.15) is 51.4 Å². The molecule has 0 fully saturated rings. The van der Waals surface area contributed by atoms with Crippen LogP contribution >= 0.6 is 23.2 Å². The van der Waals surface area contributed by atoms with Crippen LogP contribution in [0.4, 0.5) is 0 Å². The third-order valence-electron chi connectivity index (χ3n) is 2.74. The summed E-state index contributed by atoms with van der Waals surface area (Å²) in [4.78, 5) is 20.2. The molecule has 0 N–H and O–H groups in total. The molecule has 2 unspecified atom stereocenters. The zero-order valence-electron chi connectivity index (χ0n) is 13.5. The number of aliphatic carboxylic acids is 2. The molecule has 0 aromatic carbocycles. The molecule has 0 saturated carbocycles. The van der Waals surface area contributed by atoms with E-state index in [0.29, 0.717) is 12.8 Å². The smallest absolute Gasteiger partial charge is 0.549 e. The molecule has 7 heteroatoms. The molecule has 0 bridgehead atoms. The Morgan fingerprint density at radius 1 is 0.826 bits per heavy atom. The number of alkyl halides is 2. The molecule has 2 atom stereocenters. The summed E-state index contributed by atoms with van der Waals surface area (Å²) >= 11 is 10.8. The molecule has 23 heavy (non-hydrogen) atoms. The maximum absolute atomic E-state index is 10.1. The first-order chi connectivity index (χ1) is 10.4. The van der Waals surface area contributed by atoms with Gasteiger partial charge in [0.05, 0.1) is 22.7 Å². The van der Waals surface area contributed by atoms with Crippen LogP contribution in [-0.2, 0) is 9.59 Å². The minimum absolute atomic E-state index is 0. The molecule has 0 aliphatic carbocycles. The van der Waals surface area contributed by atoms with Crippen molar-refractivity contribution in [1.82, 2.24) is 0 Å². The van der Waals surface area contributed by atoms with Crippen LogP contribution in [0.15, 0.2) is 25.3 Å². The normalized spacial score (nSPS) is 11.9. The van der Waals surface area contributed by atoms with Gasteiger partial charge in [-0.2, -0.15) is 0 Å². The number of halogens is 2. The van der Waals surface area contributed by atoms with Gasteiger partial charge in [-0.15, -0.1) is 36.4 Å². The fourth-order valence-corrected chi connectivity index (χ4v) is 1.77. The number of carboxylic acid groups (broad SMARTS) is 2. The first-order valence-electron chi connectivity index (χ1n) is 7.28. The molecule has 0 heterocycles. The van der Waals surface area contributed by atoms with E-state index in [1.165, 1.54) is 0 Å². The Hall–Kier alpha value is 0.260. The average molecular weight is 391 g/mol. The monoisotopic (exact) mass is 390 g/mol. The fourth-order valence-electron chi connectivity index (χ4n) is 1.46. The first-order valence-corrected chi connectivity index (χ1v) is 8.15. The first kappa shape index (κ1) is 28.1. The molecule has 0 rings (SSSR count). The number of hydrogen-bond acceptors (Lipinski definition) is 4. The zero-order chi connectivity index (χ0) is 17.4. The van der Waals surface area contributed by atoms with Crippen molar-refractivity contribution >= 4 is 72.9 Å². The van der Waals surface area contributed by atoms with E-state index in [9.17, 15) is 19.8 Å². The Morgan fingerprint density at radius 3 is 1.35 bits per heavy atom. The molecule has 0 aromatic heterocycles. The molecule has 0 amide bonds. The fraction of sp³-hybridized carbons (Fsp3) is 0.625. The van der Waals surface area contributed by atoms with Crippen LogP contribution in [-0.4, -0.2) is 60.4 Å². The molecule has 4 nitrogen and oxygen atoms in total. The van der Waals surface area contributed by atoms with Gasteiger partial charge in [0.1, 0.15) is 0 Å². The van der Waals surface area contributed by atoms with E-state index in [0.717, 1.165) is 38.5 Å². The topological polar surface area (TPSA) is 80.3 Å². The summed E-state index contributed by atoms with van der Waals surface area (Å²) in [5.74, 6) is -2.35. The van der Waals surface area contributed by atoms with Crippen molar-refractivity contribution in [2.75, 3.05) is 0 Å². The van der Waals surface area contributed by atoms with Crippen LogP contribution in [0, 0.1) is 0 Å². The molecular weight excluding hydrogens is 367 g/mol. The van der Waals surface area contributed by atoms with Gasteiger partial charge < -0.3 is 19.8 Å². The minimum Gasteiger partial charge on any atom is -0.549 e. The Morgan fingerprint density at radius 2 is 1.13 bits per heavy atom. The van der Waals surface area contributed by atoms with Gasteiger partial charge in [-0.05, 0) is 38.5 Å². The average Bonchev–Trinajstić information content (AvgIpc) is 2.48. The Kier molecular flexibility index (Phi) is 24.8. The van der Waals surface area contributed by atoms with E-state index in [1.807, 2.05) is 12.2 Å². The SMILES string of the molecule is C=CCCCCC(Cl)C(=O)[O-].C=CCCCCC(Cl)C(=O)[O-].[Ca+2]. The van der Waals surface area contributed by atoms with Gasteiger partial charge >= 0.3 is 37.7 Å². The number of carboxylic acids is 2. The van der Waals surface area contributed by atoms with Gasteiger partial charge in [-0.3, -0.25) is 0 Å². The van der Waals surface area contributed by atoms with Gasteiger partial charge in [0, 0.05) is 0 Å². The van der Waals surface area contributed by atoms with E-state index in [1.54, 1.807) is 0 Å². The summed E-state index contributed by atoms with van der Waals surface area (Å²) in [6.07, 6.45) is 9.93. The van der Waals surface area contributed by atoms with Gasteiger partial charge in [-0.25, -0.2) is 0 Å². The third kappa shape index (κ3) is 22.3. The largest absolute Gasteiger partial charge is 2.00 e. The molecule has 0 saturated heterocycles. The van der Waals surface area contributed by atoms with Crippen LogP contribution in [0.5, 0.6) is 0 Å². The van der Waals surface area contributed by atoms with E-state index < -0.39 is 22.7 Å². The molecule has 0 aliphatic heterocycles. The van der Waals surface area contributed by atoms with Crippen molar-refractivity contribution in [3.05, 3.63) is 25.3 Å². The van der Waals surface area contributed by atoms with E-state index in [4.69, 9.17) is 23.2 Å². The number of rotatable bonds is 12. The summed E-state index contributed by atoms with van der Waals surface area (Å²) in [6.45, 7) is 7.10. The number of allylic oxidation sites excluding steroid dienone is 2. The number of carbonyl (C=O) groups is 2. The quantitative estimate of drug-likeness (QED) is 0.220. The van der Waals surface area contributed by atoms with Gasteiger partial charge in [0.15, 0.2) is 0 Å². The number of hydrogen-bond donors (Lipinski definition) is 0. The predicted molar refractivity (Wildman–Crippen MR) is 92.4 cm³/mol. The molecule has 0 spiro atoms. The van der Waals surface area contributed by atoms with Crippen molar-refractivity contribution < 1.29 is 19.8 Å². The summed E-state index contributed by atoms with van der Waals surface area (Å²) in [7, 11) is 0. The van der Waals surface area contributed by atoms with E-state index in [-0.39, 0.29) is 37.7 Å². The van der Waals surface area contributed by atoms with Gasteiger partial charge in [0.25, 0.3) is 0 Å². The molecule has 128 valence electrons. The van der Waals surface area contributed by atoms with E-state index >= 15 is 0 Å². The zero-order valence-corrected chi connectivity index (χ0v) is 17.2. The maximum atomic E-state index is 10.1. The van der Waals surface area contributed by atoms with Gasteiger partial charge in [0.2, 0.25) is 0 Å². The number of unbranched alkanes of at least 4 members (excludes halogenated alkanes) is 4. The summed E-state index contributed by atoms with van der Waals surface area (Å²) < 4.78 is 0. The summed E-state index contributed by atoms with van der Waals surface area (Å²) in [6, 6.07) is 0. The maximum Gasteiger partial charge on any atom is 2.00 e. The Bertz CT molecular complexity index is 306. The summed E-state index contributed by atoms with van der Waals surface area (Å²) in [5, 5.41) is 18.5. The molecular formula is C16H24CaCl2O4. The van der Waals surface area contributed by atoms with E-state index in [2.05, 4.69) is 13.2 Å². The van der Waals surface area contributed by atoms with Crippen LogP contribution in [0.25, 0.3) is 0 Å². The van der Waals surface area contributed by atoms with Crippen molar-refractivity contribution in [2.24, 2.45) is 0 Å². The van der Waals surface area contributed by atoms with Crippen molar-refractivity contribution in [2.45, 2.75) is 62.1 Å². The Labute approximate surface area is 178 Å². The third-order valence-corrected chi connectivity index (χ3v) is 3.54. The Balaban J connectivity index is -0.000000333. The molecule has 0 radical (unpaired) electrons. The molecule has 0 aromatic rings. The van der Waals surface area contributed by atoms with Crippen LogP contribution in [0.2, 0.25) is 0 Å². The van der Waals surface area contributed by atoms with Gasteiger partial charge in [-0.1, -0.05) is 25.0 Å². The van der Waals surface area contributed by atoms with Crippen LogP contribution < -0.4 is 10.2 Å². The van der Waals surface area contributed by atoms with Crippen molar-refractivity contribution in [3.8, 4) is 0 Å². The standard InChI is InChI=1S/2C8H13ClO2.Ca/c2*1-2-3-4-5-6-7(9)8(10)11;/h2*2,7H,1,3-6H2,(H,10,11);/q;;+2/p-2.